The lowest BCUT2D eigenvalue weighted by atomic mass is 9.96. The van der Waals surface area contributed by atoms with Crippen LogP contribution in [0.1, 0.15) is 37.9 Å². The topological polar surface area (TPSA) is 165 Å². The smallest absolute Gasteiger partial charge is 0.338 e. The van der Waals surface area contributed by atoms with Gasteiger partial charge in [-0.05, 0) is 35.9 Å². The SMILES string of the molecule is CN1C(=O)[C@H](NC(=O)c2n[nH]c(Cc3ccccc3)n2)COc2ccc(C#C[C@@]3(O)CO[C@@H]4[C@@H](OC(=O)c5ccccc5)CO[C@@H]43)cc21. The van der Waals surface area contributed by atoms with Gasteiger partial charge in [0.2, 0.25) is 5.82 Å². The fraction of sp³-hybridized carbons (Fsp3) is 0.286. The summed E-state index contributed by atoms with van der Waals surface area (Å²) in [6, 6.07) is 22.3. The number of carbonyl (C=O) groups is 3. The van der Waals surface area contributed by atoms with Crippen molar-refractivity contribution in [3.05, 3.63) is 107 Å². The van der Waals surface area contributed by atoms with Gasteiger partial charge in [-0.3, -0.25) is 14.7 Å². The molecule has 0 bridgehead atoms. The minimum absolute atomic E-state index is 0.0593. The van der Waals surface area contributed by atoms with Crippen LogP contribution in [0.25, 0.3) is 0 Å². The Balaban J connectivity index is 0.996. The number of aliphatic hydroxyl groups is 1. The van der Waals surface area contributed by atoms with Crippen molar-refractivity contribution in [3.63, 3.8) is 0 Å². The summed E-state index contributed by atoms with van der Waals surface area (Å²) in [5.74, 6) is 5.15. The van der Waals surface area contributed by atoms with Crippen molar-refractivity contribution < 1.29 is 38.4 Å². The van der Waals surface area contributed by atoms with Crippen molar-refractivity contribution >= 4 is 23.5 Å². The average Bonchev–Trinajstić information content (AvgIpc) is 3.82. The number of esters is 1. The highest BCUT2D eigenvalue weighted by Gasteiger charge is 2.57. The number of fused-ring (bicyclic) bond motifs is 2. The zero-order valence-electron chi connectivity index (χ0n) is 25.8. The van der Waals surface area contributed by atoms with Crippen LogP contribution < -0.4 is 15.0 Å². The molecule has 4 heterocycles. The number of likely N-dealkylation sites (N-methyl/N-ethyl adjacent to an activating group) is 1. The third kappa shape index (κ3) is 6.24. The third-order valence-corrected chi connectivity index (χ3v) is 8.37. The molecule has 3 aliphatic heterocycles. The molecule has 0 saturated carbocycles. The molecule has 0 radical (unpaired) electrons. The number of anilines is 1. The summed E-state index contributed by atoms with van der Waals surface area (Å²) in [4.78, 5) is 44.6. The van der Waals surface area contributed by atoms with Crippen molar-refractivity contribution in [3.8, 4) is 17.6 Å². The number of rotatable bonds is 6. The van der Waals surface area contributed by atoms with Crippen molar-refractivity contribution in [2.75, 3.05) is 31.8 Å². The van der Waals surface area contributed by atoms with Crippen molar-refractivity contribution in [2.45, 2.75) is 36.4 Å². The minimum atomic E-state index is -1.65. The van der Waals surface area contributed by atoms with Crippen molar-refractivity contribution in [1.82, 2.24) is 20.5 Å². The monoisotopic (exact) mass is 649 g/mol. The third-order valence-electron chi connectivity index (χ3n) is 8.37. The number of H-pyrrole nitrogens is 1. The number of nitrogens with zero attached hydrogens (tertiary/aromatic N) is 3. The maximum Gasteiger partial charge on any atom is 0.338 e. The zero-order chi connectivity index (χ0) is 33.3. The second-order valence-electron chi connectivity index (χ2n) is 11.7. The predicted octanol–water partition coefficient (Wildman–Crippen LogP) is 1.66. The number of hydrogen-bond donors (Lipinski definition) is 3. The van der Waals surface area contributed by atoms with E-state index in [2.05, 4.69) is 32.3 Å². The van der Waals surface area contributed by atoms with Crippen LogP contribution in [-0.2, 0) is 25.4 Å². The first-order chi connectivity index (χ1) is 23.3. The summed E-state index contributed by atoms with van der Waals surface area (Å²) in [6.45, 7) is -0.188. The van der Waals surface area contributed by atoms with Crippen LogP contribution >= 0.6 is 0 Å². The van der Waals surface area contributed by atoms with Crippen molar-refractivity contribution in [2.24, 2.45) is 0 Å². The molecule has 13 nitrogen and oxygen atoms in total. The largest absolute Gasteiger partial charge is 0.489 e. The zero-order valence-corrected chi connectivity index (χ0v) is 25.8. The highest BCUT2D eigenvalue weighted by Crippen LogP contribution is 2.36. The maximum absolute atomic E-state index is 13.4. The van der Waals surface area contributed by atoms with Gasteiger partial charge >= 0.3 is 5.97 Å². The molecule has 2 amide bonds. The summed E-state index contributed by atoms with van der Waals surface area (Å²) in [7, 11) is 1.57. The molecule has 5 atom stereocenters. The van der Waals surface area contributed by atoms with E-state index < -0.39 is 47.7 Å². The Hall–Kier alpha value is -5.55. The fourth-order valence-corrected chi connectivity index (χ4v) is 5.83. The molecule has 0 aliphatic carbocycles. The Morgan fingerprint density at radius 3 is 2.65 bits per heavy atom. The Labute approximate surface area is 275 Å². The first-order valence-electron chi connectivity index (χ1n) is 15.3. The number of aromatic amines is 1. The summed E-state index contributed by atoms with van der Waals surface area (Å²) in [6.07, 6.45) is -1.73. The van der Waals surface area contributed by atoms with Crippen molar-refractivity contribution in [1.29, 1.82) is 0 Å². The molecule has 3 N–H and O–H groups in total. The van der Waals surface area contributed by atoms with Crippen LogP contribution in [0.4, 0.5) is 5.69 Å². The lowest BCUT2D eigenvalue weighted by molar-refractivity contribution is -0.120. The van der Waals surface area contributed by atoms with Gasteiger partial charge in [-0.2, -0.15) is 0 Å². The van der Waals surface area contributed by atoms with Gasteiger partial charge in [0.15, 0.2) is 11.7 Å². The van der Waals surface area contributed by atoms with E-state index in [4.69, 9.17) is 18.9 Å². The molecule has 13 heteroatoms. The Bertz CT molecular complexity index is 1910. The van der Waals surface area contributed by atoms with Gasteiger partial charge in [0.25, 0.3) is 11.8 Å². The summed E-state index contributed by atoms with van der Waals surface area (Å²) in [5.41, 5.74) is 0.687. The van der Waals surface area contributed by atoms with E-state index in [-0.39, 0.29) is 25.6 Å². The van der Waals surface area contributed by atoms with Gasteiger partial charge in [-0.15, -0.1) is 5.10 Å². The lowest BCUT2D eigenvalue weighted by Gasteiger charge is -2.21. The molecular weight excluding hydrogens is 618 g/mol. The minimum Gasteiger partial charge on any atom is -0.489 e. The highest BCUT2D eigenvalue weighted by molar-refractivity contribution is 6.02. The number of nitrogens with one attached hydrogen (secondary N) is 2. The number of aromatic nitrogens is 3. The van der Waals surface area contributed by atoms with E-state index in [1.165, 1.54) is 4.90 Å². The molecule has 4 aromatic rings. The Kier molecular flexibility index (Phi) is 8.36. The number of carbonyl (C=O) groups excluding carboxylic acids is 3. The van der Waals surface area contributed by atoms with Gasteiger partial charge < -0.3 is 34.3 Å². The first-order valence-corrected chi connectivity index (χ1v) is 15.3. The van der Waals surface area contributed by atoms with E-state index in [0.29, 0.717) is 34.8 Å². The van der Waals surface area contributed by atoms with Gasteiger partial charge in [0.05, 0.1) is 24.5 Å². The molecule has 1 aromatic heterocycles. The van der Waals surface area contributed by atoms with Gasteiger partial charge in [0, 0.05) is 19.0 Å². The van der Waals surface area contributed by atoms with Crippen LogP contribution in [0.2, 0.25) is 0 Å². The normalized spacial score (nSPS) is 24.4. The number of amides is 2. The molecule has 0 spiro atoms. The lowest BCUT2D eigenvalue weighted by Crippen LogP contribution is -2.49. The fourth-order valence-electron chi connectivity index (χ4n) is 5.83. The second-order valence-corrected chi connectivity index (χ2v) is 11.7. The predicted molar refractivity (Wildman–Crippen MR) is 169 cm³/mol. The number of ether oxygens (including phenoxy) is 4. The molecule has 7 rings (SSSR count). The van der Waals surface area contributed by atoms with E-state index in [9.17, 15) is 19.5 Å². The molecule has 2 fully saturated rings. The Morgan fingerprint density at radius 1 is 1.08 bits per heavy atom. The van der Waals surface area contributed by atoms with Crippen LogP contribution in [0.15, 0.2) is 78.9 Å². The van der Waals surface area contributed by atoms with Gasteiger partial charge in [-0.25, -0.2) is 9.78 Å². The van der Waals surface area contributed by atoms with Crippen LogP contribution in [0, 0.1) is 11.8 Å². The molecular formula is C35H31N5O8. The van der Waals surface area contributed by atoms with Gasteiger partial charge in [-0.1, -0.05) is 60.4 Å². The molecule has 3 aliphatic rings. The summed E-state index contributed by atoms with van der Waals surface area (Å²) in [5, 5.41) is 20.8. The summed E-state index contributed by atoms with van der Waals surface area (Å²) < 4.78 is 23.1. The highest BCUT2D eigenvalue weighted by atomic mass is 16.6. The number of hydrogen-bond acceptors (Lipinski definition) is 10. The average molecular weight is 650 g/mol. The van der Waals surface area contributed by atoms with E-state index in [1.807, 2.05) is 30.3 Å². The quantitative estimate of drug-likeness (QED) is 0.207. The van der Waals surface area contributed by atoms with E-state index in [0.717, 1.165) is 5.56 Å². The van der Waals surface area contributed by atoms with Crippen LogP contribution in [-0.4, -0.2) is 94.9 Å². The summed E-state index contributed by atoms with van der Waals surface area (Å²) >= 11 is 0. The standard InChI is InChI=1S/C35H31N5O8/c1-40-25-16-22(14-15-35(44)20-47-29-27(19-46-30(29)35)48-34(43)23-10-6-3-7-11-23)12-13-26(25)45-18-24(33(40)42)36-32(41)31-37-28(38-39-31)17-21-8-4-2-5-9-21/h2-13,16,24,27,29-30,44H,17-20H2,1H3,(H,36,41)(H,37,38,39)/t24-,27+,29-,30+,35-/m1/s1. The van der Waals surface area contributed by atoms with Crippen LogP contribution in [0.3, 0.4) is 0 Å². The van der Waals surface area contributed by atoms with Gasteiger partial charge in [0.1, 0.15) is 36.4 Å². The molecule has 0 unspecified atom stereocenters. The molecule has 48 heavy (non-hydrogen) atoms. The second kappa shape index (κ2) is 12.9. The van der Waals surface area contributed by atoms with E-state index in [1.54, 1.807) is 55.6 Å². The molecule has 3 aromatic carbocycles. The van der Waals surface area contributed by atoms with E-state index >= 15 is 0 Å². The first kappa shape index (κ1) is 31.1. The molecule has 244 valence electrons. The number of benzene rings is 3. The van der Waals surface area contributed by atoms with Crippen LogP contribution in [0.5, 0.6) is 5.75 Å². The Morgan fingerprint density at radius 2 is 1.85 bits per heavy atom. The maximum atomic E-state index is 13.4. The molecule has 2 saturated heterocycles.